The average Bonchev–Trinajstić information content (AvgIpc) is 3.83. The molecule has 0 aromatic carbocycles. The quantitative estimate of drug-likeness (QED) is 0.0806. The van der Waals surface area contributed by atoms with Crippen molar-refractivity contribution < 1.29 is 28.7 Å². The first-order chi connectivity index (χ1) is 24.7. The number of hydrogen-bond donors (Lipinski definition) is 5. The van der Waals surface area contributed by atoms with Crippen molar-refractivity contribution in [2.45, 2.75) is 109 Å². The van der Waals surface area contributed by atoms with Gasteiger partial charge in [-0.1, -0.05) is 20.8 Å². The molecule has 7 N–H and O–H groups in total. The third-order valence-corrected chi connectivity index (χ3v) is 11.2. The van der Waals surface area contributed by atoms with Crippen LogP contribution in [-0.4, -0.2) is 62.6 Å². The van der Waals surface area contributed by atoms with E-state index in [9.17, 15) is 24.0 Å². The SMILES string of the molecule is CC[C@H]1c2cc3[nH]c4c(c3C)C(=O)C(C(=O)OC)c4c3nc(cc4[nH]c(cc(n2)[C@@H]1C)c(C(C)=O)c4C)[C@@H](C)[C@@H]3CCC(=O)N[C@H](N)CCC(N)=O. The first-order valence-corrected chi connectivity index (χ1v) is 17.9. The van der Waals surface area contributed by atoms with Gasteiger partial charge >= 0.3 is 5.97 Å². The molecular weight excluding hydrogens is 662 g/mol. The smallest absolute Gasteiger partial charge is 0.321 e. The Labute approximate surface area is 301 Å². The number of hydrogen-bond acceptors (Lipinski definition) is 9. The Bertz CT molecular complexity index is 2180. The molecular formula is C39H47N7O6. The molecule has 8 bridgehead atoms. The largest absolute Gasteiger partial charge is 0.468 e. The van der Waals surface area contributed by atoms with E-state index in [1.807, 2.05) is 39.0 Å². The van der Waals surface area contributed by atoms with E-state index in [1.54, 1.807) is 6.92 Å². The summed E-state index contributed by atoms with van der Waals surface area (Å²) in [5.74, 6) is -3.69. The molecule has 13 heteroatoms. The number of nitrogens with two attached hydrogens (primary N) is 2. The number of ketones is 2. The number of nitrogens with one attached hydrogen (secondary N) is 3. The maximum absolute atomic E-state index is 14.2. The number of carbonyl (C=O) groups excluding carboxylic acids is 5. The number of nitrogens with zero attached hydrogens (tertiary/aromatic N) is 2. The molecule has 3 aromatic rings. The van der Waals surface area contributed by atoms with E-state index >= 15 is 0 Å². The van der Waals surface area contributed by atoms with Gasteiger partial charge in [0.1, 0.15) is 5.92 Å². The Balaban J connectivity index is 1.63. The molecule has 0 saturated heterocycles. The fourth-order valence-corrected chi connectivity index (χ4v) is 8.27. The zero-order valence-electron chi connectivity index (χ0n) is 30.7. The zero-order chi connectivity index (χ0) is 37.8. The van der Waals surface area contributed by atoms with Gasteiger partial charge in [0.15, 0.2) is 11.6 Å². The number of methoxy groups -OCH3 is 1. The van der Waals surface area contributed by atoms with Crippen LogP contribution in [0, 0.1) is 13.8 Å². The molecule has 6 atom stereocenters. The summed E-state index contributed by atoms with van der Waals surface area (Å²) >= 11 is 0. The van der Waals surface area contributed by atoms with Crippen LogP contribution in [0.15, 0.2) is 18.2 Å². The first-order valence-electron chi connectivity index (χ1n) is 17.9. The number of H-pyrrole nitrogens is 2. The third kappa shape index (κ3) is 6.31. The molecule has 3 aliphatic rings. The number of ether oxygens (including phenoxy) is 1. The number of Topliss-reactive ketones (excluding diaryl/α,β-unsaturated/α-hetero) is 2. The maximum Gasteiger partial charge on any atom is 0.321 e. The van der Waals surface area contributed by atoms with Gasteiger partial charge in [0, 0.05) is 81.3 Å². The lowest BCUT2D eigenvalue weighted by Gasteiger charge is -2.19. The van der Waals surface area contributed by atoms with Crippen LogP contribution in [0.4, 0.5) is 0 Å². The summed E-state index contributed by atoms with van der Waals surface area (Å²) in [6, 6.07) is 5.85. The number of amides is 2. The predicted molar refractivity (Wildman–Crippen MR) is 196 cm³/mol. The van der Waals surface area contributed by atoms with Crippen LogP contribution in [-0.2, 0) is 19.1 Å². The molecule has 52 heavy (non-hydrogen) atoms. The lowest BCUT2D eigenvalue weighted by atomic mass is 9.84. The molecule has 3 aromatic heterocycles. The summed E-state index contributed by atoms with van der Waals surface area (Å²) in [5, 5.41) is 2.73. The van der Waals surface area contributed by atoms with Gasteiger partial charge in [-0.2, -0.15) is 0 Å². The van der Waals surface area contributed by atoms with Gasteiger partial charge in [0.2, 0.25) is 11.8 Å². The van der Waals surface area contributed by atoms with Crippen LogP contribution in [0.5, 0.6) is 0 Å². The van der Waals surface area contributed by atoms with Crippen molar-refractivity contribution in [3.05, 3.63) is 68.8 Å². The van der Waals surface area contributed by atoms with Crippen LogP contribution in [0.25, 0.3) is 22.1 Å². The van der Waals surface area contributed by atoms with Crippen molar-refractivity contribution in [3.8, 4) is 0 Å². The minimum absolute atomic E-state index is 0.0401. The highest BCUT2D eigenvalue weighted by Crippen LogP contribution is 2.48. The van der Waals surface area contributed by atoms with Crippen LogP contribution in [0.3, 0.4) is 0 Å². The lowest BCUT2D eigenvalue weighted by molar-refractivity contribution is -0.141. The fourth-order valence-electron chi connectivity index (χ4n) is 8.27. The molecule has 1 unspecified atom stereocenters. The highest BCUT2D eigenvalue weighted by Gasteiger charge is 2.45. The van der Waals surface area contributed by atoms with E-state index in [4.69, 9.17) is 26.2 Å². The number of aromatic nitrogens is 4. The minimum atomic E-state index is -1.24. The van der Waals surface area contributed by atoms with Crippen LogP contribution < -0.4 is 16.8 Å². The molecule has 0 spiro atoms. The Morgan fingerprint density at radius 2 is 1.56 bits per heavy atom. The number of primary amides is 1. The van der Waals surface area contributed by atoms with Crippen LogP contribution >= 0.6 is 0 Å². The minimum Gasteiger partial charge on any atom is -0.468 e. The second-order valence-corrected chi connectivity index (χ2v) is 14.4. The molecule has 2 amide bonds. The van der Waals surface area contributed by atoms with Gasteiger partial charge in [-0.15, -0.1) is 0 Å². The van der Waals surface area contributed by atoms with E-state index in [1.165, 1.54) is 7.11 Å². The Morgan fingerprint density at radius 3 is 2.21 bits per heavy atom. The van der Waals surface area contributed by atoms with Crippen molar-refractivity contribution in [3.63, 3.8) is 0 Å². The van der Waals surface area contributed by atoms with E-state index in [0.29, 0.717) is 62.1 Å². The molecule has 5 heterocycles. The fraction of sp³-hybridized carbons (Fsp3) is 0.462. The van der Waals surface area contributed by atoms with Crippen molar-refractivity contribution in [2.24, 2.45) is 11.5 Å². The molecule has 1 aliphatic carbocycles. The van der Waals surface area contributed by atoms with Crippen LogP contribution in [0.1, 0.15) is 150 Å². The van der Waals surface area contributed by atoms with Gasteiger partial charge in [-0.05, 0) is 69.4 Å². The highest BCUT2D eigenvalue weighted by molar-refractivity contribution is 6.23. The van der Waals surface area contributed by atoms with Crippen molar-refractivity contribution in [1.82, 2.24) is 25.3 Å². The number of aromatic amines is 2. The number of fused-ring (bicyclic) bond motifs is 8. The van der Waals surface area contributed by atoms with Crippen molar-refractivity contribution >= 4 is 51.4 Å². The molecule has 13 nitrogen and oxygen atoms in total. The van der Waals surface area contributed by atoms with Gasteiger partial charge < -0.3 is 31.5 Å². The molecule has 6 rings (SSSR count). The van der Waals surface area contributed by atoms with E-state index in [0.717, 1.165) is 23.4 Å². The van der Waals surface area contributed by atoms with Crippen LogP contribution in [0.2, 0.25) is 0 Å². The monoisotopic (exact) mass is 709 g/mol. The summed E-state index contributed by atoms with van der Waals surface area (Å²) in [4.78, 5) is 82.2. The zero-order valence-corrected chi connectivity index (χ0v) is 30.7. The maximum atomic E-state index is 14.2. The van der Waals surface area contributed by atoms with Gasteiger partial charge in [-0.25, -0.2) is 0 Å². The second kappa shape index (κ2) is 14.1. The summed E-state index contributed by atoms with van der Waals surface area (Å²) in [7, 11) is 1.26. The Hall–Kier alpha value is -5.17. The average molecular weight is 710 g/mol. The standard InChI is InChI=1S/C39H47N7O6/c1-8-21-16(2)23-15-28-32(20(6)47)18(4)25(43-28)13-24-17(3)22(9-12-31(49)46-29(40)10-11-30(41)48)36(44-24)34-35(39(51)52-7)38(50)33-19(5)26(45-37(33)34)14-27(21)42-23/h13-17,21-22,29,35,43,45H,8-12,40H2,1-7H3,(H2,41,48)(H,46,49)/t16-,17+,21-,22+,29+,35?/m1/s1. The van der Waals surface area contributed by atoms with Gasteiger partial charge in [-0.3, -0.25) is 33.9 Å². The summed E-state index contributed by atoms with van der Waals surface area (Å²) in [5.41, 5.74) is 19.7. The molecule has 274 valence electrons. The number of esters is 1. The summed E-state index contributed by atoms with van der Waals surface area (Å²) in [6.45, 7) is 11.5. The number of carbonyl (C=O) groups is 5. The summed E-state index contributed by atoms with van der Waals surface area (Å²) < 4.78 is 5.19. The summed E-state index contributed by atoms with van der Waals surface area (Å²) in [6.07, 6.45) is 0.708. The lowest BCUT2D eigenvalue weighted by Crippen LogP contribution is -2.42. The predicted octanol–water partition coefficient (Wildman–Crippen LogP) is 5.22. The first kappa shape index (κ1) is 36.6. The molecule has 0 fully saturated rings. The second-order valence-electron chi connectivity index (χ2n) is 14.4. The molecule has 0 saturated carbocycles. The van der Waals surface area contributed by atoms with E-state index in [2.05, 4.69) is 29.1 Å². The van der Waals surface area contributed by atoms with E-state index in [-0.39, 0.29) is 60.4 Å². The molecule has 2 aliphatic heterocycles. The molecule has 0 radical (unpaired) electrons. The highest BCUT2D eigenvalue weighted by atomic mass is 16.5. The normalized spacial score (nSPS) is 21.2. The van der Waals surface area contributed by atoms with Crippen molar-refractivity contribution in [1.29, 1.82) is 0 Å². The van der Waals surface area contributed by atoms with Gasteiger partial charge in [0.25, 0.3) is 0 Å². The van der Waals surface area contributed by atoms with E-state index < -0.39 is 24.0 Å². The Kier molecular flexibility index (Phi) is 9.93. The van der Waals surface area contributed by atoms with Gasteiger partial charge in [0.05, 0.1) is 30.0 Å². The van der Waals surface area contributed by atoms with Crippen molar-refractivity contribution in [2.75, 3.05) is 7.11 Å². The Morgan fingerprint density at radius 1 is 0.923 bits per heavy atom. The topological polar surface area (TPSA) is 216 Å². The number of rotatable bonds is 10. The number of aryl methyl sites for hydroxylation is 2. The third-order valence-electron chi connectivity index (χ3n) is 11.2.